The van der Waals surface area contributed by atoms with E-state index in [1.54, 1.807) is 24.3 Å². The molecule has 1 aromatic carbocycles. The van der Waals surface area contributed by atoms with Crippen LogP contribution in [0.3, 0.4) is 0 Å². The van der Waals surface area contributed by atoms with Crippen LogP contribution in [-0.2, 0) is 10.9 Å². The zero-order valence-corrected chi connectivity index (χ0v) is 14.4. The molecule has 144 valence electrons. The summed E-state index contributed by atoms with van der Waals surface area (Å²) in [5, 5.41) is 9.25. The first kappa shape index (κ1) is 17.8. The van der Waals surface area contributed by atoms with Crippen molar-refractivity contribution in [1.82, 2.24) is 15.1 Å². The largest absolute Gasteiger partial charge is 0.435 e. The molecule has 27 heavy (non-hydrogen) atoms. The van der Waals surface area contributed by atoms with Gasteiger partial charge >= 0.3 is 12.2 Å². The maximum Gasteiger partial charge on any atom is 0.435 e. The van der Waals surface area contributed by atoms with E-state index in [-0.39, 0.29) is 17.5 Å². The van der Waals surface area contributed by atoms with E-state index in [0.717, 1.165) is 43.2 Å². The van der Waals surface area contributed by atoms with E-state index in [1.807, 2.05) is 0 Å². The van der Waals surface area contributed by atoms with Crippen molar-refractivity contribution in [3.05, 3.63) is 42.2 Å². The summed E-state index contributed by atoms with van der Waals surface area (Å²) in [7, 11) is 0. The molecule has 0 bridgehead atoms. The second-order valence-electron chi connectivity index (χ2n) is 7.02. The van der Waals surface area contributed by atoms with Crippen LogP contribution in [0, 0.1) is 5.41 Å². The van der Waals surface area contributed by atoms with Crippen molar-refractivity contribution in [2.45, 2.75) is 31.5 Å². The molecule has 1 aromatic heterocycles. The highest BCUT2D eigenvalue weighted by Gasteiger charge is 2.55. The lowest BCUT2D eigenvalue weighted by Gasteiger charge is -2.22. The maximum atomic E-state index is 12.6. The summed E-state index contributed by atoms with van der Waals surface area (Å²) in [4.78, 5) is 12.2. The number of amides is 2. The van der Waals surface area contributed by atoms with Gasteiger partial charge in [-0.15, -0.1) is 0 Å². The van der Waals surface area contributed by atoms with E-state index in [0.29, 0.717) is 11.4 Å². The molecule has 1 aliphatic carbocycles. The van der Waals surface area contributed by atoms with Gasteiger partial charge in [0.2, 0.25) is 0 Å². The summed E-state index contributed by atoms with van der Waals surface area (Å²) in [6, 6.07) is 7.25. The lowest BCUT2D eigenvalue weighted by molar-refractivity contribution is -0.141. The normalized spacial score (nSPS) is 21.1. The molecule has 1 aliphatic heterocycles. The molecule has 2 amide bonds. The topological polar surface area (TPSA) is 68.2 Å². The van der Waals surface area contributed by atoms with Crippen molar-refractivity contribution >= 4 is 11.7 Å². The Bertz CT molecular complexity index is 826. The van der Waals surface area contributed by atoms with Gasteiger partial charge in [0.05, 0.1) is 5.69 Å². The van der Waals surface area contributed by atoms with Gasteiger partial charge < -0.3 is 15.4 Å². The Kier molecular flexibility index (Phi) is 4.33. The number of benzene rings is 1. The number of urea groups is 1. The highest BCUT2D eigenvalue weighted by atomic mass is 19.4. The van der Waals surface area contributed by atoms with Gasteiger partial charge in [-0.3, -0.25) is 0 Å². The van der Waals surface area contributed by atoms with Crippen LogP contribution < -0.4 is 10.6 Å². The van der Waals surface area contributed by atoms with Gasteiger partial charge in [0.1, 0.15) is 0 Å². The van der Waals surface area contributed by atoms with Crippen molar-refractivity contribution in [1.29, 1.82) is 0 Å². The van der Waals surface area contributed by atoms with Crippen LogP contribution in [-0.4, -0.2) is 35.1 Å². The van der Waals surface area contributed by atoms with Gasteiger partial charge in [0.15, 0.2) is 5.69 Å². The van der Waals surface area contributed by atoms with Crippen LogP contribution in [0.15, 0.2) is 36.5 Å². The molecule has 9 heteroatoms. The van der Waals surface area contributed by atoms with Gasteiger partial charge in [-0.2, -0.15) is 18.3 Å². The predicted octanol–water partition coefficient (Wildman–Crippen LogP) is 3.58. The highest BCUT2D eigenvalue weighted by molar-refractivity contribution is 5.89. The van der Waals surface area contributed by atoms with Gasteiger partial charge in [0, 0.05) is 31.1 Å². The predicted molar refractivity (Wildman–Crippen MR) is 91.6 cm³/mol. The molecule has 1 saturated heterocycles. The zero-order valence-electron chi connectivity index (χ0n) is 14.4. The van der Waals surface area contributed by atoms with Gasteiger partial charge in [0.25, 0.3) is 0 Å². The van der Waals surface area contributed by atoms with Crippen molar-refractivity contribution in [3.63, 3.8) is 0 Å². The summed E-state index contributed by atoms with van der Waals surface area (Å²) in [5.74, 6) is 0. The Labute approximate surface area is 153 Å². The fourth-order valence-electron chi connectivity index (χ4n) is 3.52. The van der Waals surface area contributed by atoms with Crippen molar-refractivity contribution in [2.75, 3.05) is 18.5 Å². The van der Waals surface area contributed by atoms with Crippen LogP contribution in [0.1, 0.15) is 25.0 Å². The van der Waals surface area contributed by atoms with Crippen molar-refractivity contribution in [3.8, 4) is 5.69 Å². The Balaban J connectivity index is 1.34. The third-order valence-electron chi connectivity index (χ3n) is 5.25. The molecular formula is C18H19F3N4O2. The Morgan fingerprint density at radius 2 is 1.89 bits per heavy atom. The monoisotopic (exact) mass is 380 g/mol. The van der Waals surface area contributed by atoms with Crippen molar-refractivity contribution in [2.24, 2.45) is 5.41 Å². The number of carbonyl (C=O) groups is 1. The van der Waals surface area contributed by atoms with Crippen LogP contribution >= 0.6 is 0 Å². The van der Waals surface area contributed by atoms with E-state index in [2.05, 4.69) is 15.7 Å². The first-order valence-corrected chi connectivity index (χ1v) is 8.74. The lowest BCUT2D eigenvalue weighted by atomic mass is 9.96. The van der Waals surface area contributed by atoms with E-state index < -0.39 is 11.9 Å². The number of rotatable bonds is 3. The summed E-state index contributed by atoms with van der Waals surface area (Å²) in [5.41, 5.74) is 0.270. The van der Waals surface area contributed by atoms with E-state index in [4.69, 9.17) is 4.74 Å². The first-order valence-electron chi connectivity index (χ1n) is 8.74. The molecule has 2 aliphatic rings. The van der Waals surface area contributed by atoms with E-state index in [1.165, 1.54) is 6.20 Å². The summed E-state index contributed by atoms with van der Waals surface area (Å²) >= 11 is 0. The number of hydrogen-bond donors (Lipinski definition) is 2. The minimum absolute atomic E-state index is 0.172. The third-order valence-corrected chi connectivity index (χ3v) is 5.25. The van der Waals surface area contributed by atoms with Crippen LogP contribution in [0.4, 0.5) is 23.7 Å². The molecular weight excluding hydrogens is 361 g/mol. The number of nitrogens with one attached hydrogen (secondary N) is 2. The smallest absolute Gasteiger partial charge is 0.381 e. The first-order chi connectivity index (χ1) is 12.9. The molecule has 6 nitrogen and oxygen atoms in total. The second-order valence-corrected chi connectivity index (χ2v) is 7.02. The Morgan fingerprint density at radius 1 is 1.19 bits per heavy atom. The summed E-state index contributed by atoms with van der Waals surface area (Å²) in [6.45, 7) is 1.48. The third kappa shape index (κ3) is 3.78. The molecule has 2 heterocycles. The number of anilines is 1. The molecule has 1 saturated carbocycles. The number of hydrogen-bond acceptors (Lipinski definition) is 3. The standard InChI is InChI=1S/C18H19F3N4O2/c19-18(20,21)14-5-8-25(24-14)13-3-1-12(2-4-13)22-16(26)23-15-11-17(15)6-9-27-10-7-17/h1-5,8,15H,6-7,9-11H2,(H2,22,23,26). The number of ether oxygens (including phenoxy) is 1. The average molecular weight is 380 g/mol. The SMILES string of the molecule is O=C(Nc1ccc(-n2ccc(C(F)(F)F)n2)cc1)NC1CC12CCOCC2. The van der Waals surface area contributed by atoms with Crippen molar-refractivity contribution < 1.29 is 22.7 Å². The molecule has 2 N–H and O–H groups in total. The van der Waals surface area contributed by atoms with Gasteiger partial charge in [-0.05, 0) is 55.0 Å². The van der Waals surface area contributed by atoms with E-state index in [9.17, 15) is 18.0 Å². The Morgan fingerprint density at radius 3 is 2.52 bits per heavy atom. The van der Waals surface area contributed by atoms with E-state index >= 15 is 0 Å². The quantitative estimate of drug-likeness (QED) is 0.855. The van der Waals surface area contributed by atoms with Crippen LogP contribution in [0.25, 0.3) is 5.69 Å². The van der Waals surface area contributed by atoms with Crippen LogP contribution in [0.2, 0.25) is 0 Å². The fourth-order valence-corrected chi connectivity index (χ4v) is 3.52. The van der Waals surface area contributed by atoms with Crippen LogP contribution in [0.5, 0.6) is 0 Å². The lowest BCUT2D eigenvalue weighted by Crippen LogP contribution is -2.35. The number of halogens is 3. The second kappa shape index (κ2) is 6.56. The average Bonchev–Trinajstić information content (AvgIpc) is 3.06. The number of carbonyl (C=O) groups excluding carboxylic acids is 1. The molecule has 1 atom stereocenters. The maximum absolute atomic E-state index is 12.6. The van der Waals surface area contributed by atoms with Gasteiger partial charge in [-0.1, -0.05) is 0 Å². The minimum Gasteiger partial charge on any atom is -0.381 e. The summed E-state index contributed by atoms with van der Waals surface area (Å²) in [6.07, 6.45) is -0.315. The molecule has 2 fully saturated rings. The molecule has 2 aromatic rings. The number of nitrogens with zero attached hydrogens (tertiary/aromatic N) is 2. The number of alkyl halides is 3. The zero-order chi connectivity index (χ0) is 19.1. The molecule has 1 unspecified atom stereocenters. The molecule has 0 radical (unpaired) electrons. The highest BCUT2D eigenvalue weighted by Crippen LogP contribution is 2.53. The summed E-state index contributed by atoms with van der Waals surface area (Å²) < 4.78 is 44.4. The van der Waals surface area contributed by atoms with Gasteiger partial charge in [-0.25, -0.2) is 9.48 Å². The minimum atomic E-state index is -4.48. The Hall–Kier alpha value is -2.55. The fraction of sp³-hybridized carbons (Fsp3) is 0.444. The number of aromatic nitrogens is 2. The molecule has 4 rings (SSSR count). The molecule has 1 spiro atoms.